The fourth-order valence-corrected chi connectivity index (χ4v) is 5.62. The molecule has 1 fully saturated rings. The molecule has 2 atom stereocenters. The summed E-state index contributed by atoms with van der Waals surface area (Å²) in [4.78, 5) is 15.3. The van der Waals surface area contributed by atoms with Crippen molar-refractivity contribution in [3.05, 3.63) is 64.2 Å². The second-order valence-corrected chi connectivity index (χ2v) is 11.9. The normalized spacial score (nSPS) is 19.9. The monoisotopic (exact) mass is 695 g/mol. The van der Waals surface area contributed by atoms with E-state index in [4.69, 9.17) is 10.5 Å². The molecule has 0 unspecified atom stereocenters. The molecule has 0 spiro atoms. The molecule has 2 aliphatic heterocycles. The topological polar surface area (TPSA) is 108 Å². The summed E-state index contributed by atoms with van der Waals surface area (Å²) in [6.45, 7) is 5.26. The number of ether oxygens (including phenoxy) is 1. The molecular formula is C30H34F9N7O2. The summed E-state index contributed by atoms with van der Waals surface area (Å²) in [6.07, 6.45) is -15.6. The number of nitrogens with two attached hydrogens (primary N) is 1. The van der Waals surface area contributed by atoms with Crippen molar-refractivity contribution in [1.82, 2.24) is 10.2 Å². The summed E-state index contributed by atoms with van der Waals surface area (Å²) in [5, 5.41) is 14.9. The Kier molecular flexibility index (Phi) is 10.9. The van der Waals surface area contributed by atoms with Crippen LogP contribution in [0.2, 0.25) is 0 Å². The molecule has 0 saturated carbocycles. The fraction of sp³-hybridized carbons (Fsp3) is 0.533. The van der Waals surface area contributed by atoms with Crippen molar-refractivity contribution in [1.29, 1.82) is 0 Å². The Hall–Kier alpha value is -4.09. The highest BCUT2D eigenvalue weighted by Crippen LogP contribution is 2.45. The molecule has 0 aliphatic carbocycles. The van der Waals surface area contributed by atoms with Crippen LogP contribution in [0.1, 0.15) is 73.9 Å². The molecule has 9 nitrogen and oxygen atoms in total. The molecule has 2 aromatic carbocycles. The van der Waals surface area contributed by atoms with Crippen molar-refractivity contribution in [3.8, 4) is 0 Å². The number of guanidine groups is 1. The number of hydrogen-bond acceptors (Lipinski definition) is 5. The number of amides is 1. The van der Waals surface area contributed by atoms with Crippen LogP contribution in [0.3, 0.4) is 0 Å². The van der Waals surface area contributed by atoms with Gasteiger partial charge in [0, 0.05) is 12.6 Å². The van der Waals surface area contributed by atoms with E-state index in [0.717, 1.165) is 28.0 Å². The average molecular weight is 696 g/mol. The maximum Gasteiger partial charge on any atom is 0.416 e. The largest absolute Gasteiger partial charge is 0.446 e. The first-order valence-corrected chi connectivity index (χ1v) is 15.0. The zero-order chi connectivity index (χ0) is 35.6. The van der Waals surface area contributed by atoms with Crippen molar-refractivity contribution in [2.24, 2.45) is 21.2 Å². The van der Waals surface area contributed by atoms with Crippen LogP contribution >= 0.6 is 0 Å². The molecule has 0 radical (unpaired) electrons. The van der Waals surface area contributed by atoms with E-state index in [-0.39, 0.29) is 29.8 Å². The number of hydrogen-bond donors (Lipinski definition) is 2. The Morgan fingerprint density at radius 2 is 1.54 bits per heavy atom. The number of nitrogens with zero attached hydrogens (tertiary/aromatic N) is 5. The molecule has 18 heteroatoms. The molecule has 2 aromatic rings. The van der Waals surface area contributed by atoms with Crippen molar-refractivity contribution < 1.29 is 49.0 Å². The van der Waals surface area contributed by atoms with Gasteiger partial charge in [-0.15, -0.1) is 0 Å². The lowest BCUT2D eigenvalue weighted by molar-refractivity contribution is -0.143. The predicted octanol–water partition coefficient (Wildman–Crippen LogP) is 7.86. The van der Waals surface area contributed by atoms with Gasteiger partial charge in [0.25, 0.3) is 0 Å². The first-order chi connectivity index (χ1) is 22.3. The van der Waals surface area contributed by atoms with Crippen LogP contribution in [0.25, 0.3) is 0 Å². The number of carbonyl (C=O) groups is 1. The number of fused-ring (bicyclic) bond motifs is 1. The third-order valence-corrected chi connectivity index (χ3v) is 7.85. The van der Waals surface area contributed by atoms with Crippen molar-refractivity contribution in [3.63, 3.8) is 0 Å². The number of alkyl halides is 9. The summed E-state index contributed by atoms with van der Waals surface area (Å²) < 4.78 is 129. The van der Waals surface area contributed by atoms with Gasteiger partial charge in [0.2, 0.25) is 5.96 Å². The highest BCUT2D eigenvalue weighted by Gasteiger charge is 2.42. The Labute approximate surface area is 270 Å². The van der Waals surface area contributed by atoms with E-state index in [1.165, 1.54) is 0 Å². The lowest BCUT2D eigenvalue weighted by Gasteiger charge is -2.43. The minimum Gasteiger partial charge on any atom is -0.446 e. The Balaban J connectivity index is 1.88. The van der Waals surface area contributed by atoms with E-state index >= 15 is 0 Å². The van der Waals surface area contributed by atoms with Crippen LogP contribution in [-0.2, 0) is 29.8 Å². The average Bonchev–Trinajstić information content (AvgIpc) is 2.98. The zero-order valence-corrected chi connectivity index (χ0v) is 26.0. The number of piperidine rings is 1. The molecule has 0 bridgehead atoms. The zero-order valence-electron chi connectivity index (χ0n) is 26.0. The van der Waals surface area contributed by atoms with Gasteiger partial charge in [-0.25, -0.2) is 4.79 Å². The number of anilines is 1. The number of halogens is 9. The van der Waals surface area contributed by atoms with Crippen molar-refractivity contribution >= 4 is 17.7 Å². The summed E-state index contributed by atoms with van der Waals surface area (Å²) in [5.74, 6) is -0.530. The van der Waals surface area contributed by atoms with Crippen LogP contribution in [0, 0.1) is 0 Å². The van der Waals surface area contributed by atoms with Gasteiger partial charge in [-0.1, -0.05) is 5.10 Å². The molecule has 0 aromatic heterocycles. The summed E-state index contributed by atoms with van der Waals surface area (Å²) in [7, 11) is 0. The van der Waals surface area contributed by atoms with E-state index in [9.17, 15) is 44.3 Å². The maximum atomic E-state index is 13.9. The summed E-state index contributed by atoms with van der Waals surface area (Å²) in [6, 6.07) is 1.26. The van der Waals surface area contributed by atoms with Gasteiger partial charge in [-0.2, -0.15) is 44.6 Å². The highest BCUT2D eigenvalue weighted by atomic mass is 19.4. The SMILES string of the molecule is CC(C)OC(=O)N1c2ccc(C(F)(F)F)cc2[C@@H](N(Cc2cc(C(F)(F)F)cc(C(F)(F)F)c2)/C(N)=N/N=NC2CCNCC2)C[C@H]1C. The van der Waals surface area contributed by atoms with Gasteiger partial charge >= 0.3 is 24.6 Å². The maximum absolute atomic E-state index is 13.9. The van der Waals surface area contributed by atoms with Gasteiger partial charge < -0.3 is 20.7 Å². The number of nitrogens with one attached hydrogen (secondary N) is 1. The lowest BCUT2D eigenvalue weighted by Crippen LogP contribution is -2.49. The minimum atomic E-state index is -5.16. The Bertz CT molecular complexity index is 1490. The number of carbonyl (C=O) groups excluding carboxylic acids is 1. The van der Waals surface area contributed by atoms with Gasteiger partial charge in [0.15, 0.2) is 0 Å². The second-order valence-electron chi connectivity index (χ2n) is 11.9. The van der Waals surface area contributed by atoms with E-state index in [1.54, 1.807) is 20.8 Å². The molecule has 48 heavy (non-hydrogen) atoms. The van der Waals surface area contributed by atoms with Gasteiger partial charge in [0.1, 0.15) is 0 Å². The molecular weight excluding hydrogens is 661 g/mol. The number of benzene rings is 2. The Morgan fingerprint density at radius 1 is 0.958 bits per heavy atom. The fourth-order valence-electron chi connectivity index (χ4n) is 5.62. The van der Waals surface area contributed by atoms with Crippen LogP contribution < -0.4 is 16.0 Å². The summed E-state index contributed by atoms with van der Waals surface area (Å²) >= 11 is 0. The first kappa shape index (κ1) is 36.7. The van der Waals surface area contributed by atoms with Gasteiger partial charge in [-0.05, 0) is 106 Å². The molecule has 1 saturated heterocycles. The standard InChI is InChI=1S/C30H34F9N7O2/c1-16(2)48-27(47)46-17(3)10-25(23-14-19(28(31,32)33)4-5-24(23)46)45(26(40)43-44-42-22-6-8-41-9-7-22)15-18-11-20(29(34,35)36)13-21(12-18)30(37,38)39/h4-5,11-14,16-17,22,25,41H,6-10,15H2,1-3H3,(H2,40,42,43)/t17-,25+/m1/s1. The molecule has 2 heterocycles. The first-order valence-electron chi connectivity index (χ1n) is 15.0. The van der Waals surface area contributed by atoms with Crippen LogP contribution in [-0.4, -0.2) is 48.2 Å². The molecule has 264 valence electrons. The molecule has 1 amide bonds. The highest BCUT2D eigenvalue weighted by molar-refractivity contribution is 5.91. The smallest absolute Gasteiger partial charge is 0.416 e. The minimum absolute atomic E-state index is 0.0217. The van der Waals surface area contributed by atoms with E-state index in [2.05, 4.69) is 20.8 Å². The molecule has 3 N–H and O–H groups in total. The predicted molar refractivity (Wildman–Crippen MR) is 157 cm³/mol. The second kappa shape index (κ2) is 14.2. The quantitative estimate of drug-likeness (QED) is 0.105. The summed E-state index contributed by atoms with van der Waals surface area (Å²) in [5.41, 5.74) is 1.32. The van der Waals surface area contributed by atoms with Crippen LogP contribution in [0.15, 0.2) is 51.8 Å². The van der Waals surface area contributed by atoms with Gasteiger partial charge in [-0.3, -0.25) is 4.90 Å². The van der Waals surface area contributed by atoms with Crippen molar-refractivity contribution in [2.75, 3.05) is 18.0 Å². The lowest BCUT2D eigenvalue weighted by atomic mass is 9.89. The third kappa shape index (κ3) is 8.87. The van der Waals surface area contributed by atoms with Crippen LogP contribution in [0.5, 0.6) is 0 Å². The van der Waals surface area contributed by atoms with Crippen molar-refractivity contribution in [2.45, 2.75) is 89.3 Å². The van der Waals surface area contributed by atoms with E-state index in [1.807, 2.05) is 0 Å². The molecule has 2 aliphatic rings. The van der Waals surface area contributed by atoms with Crippen LogP contribution in [0.4, 0.5) is 50.0 Å². The van der Waals surface area contributed by atoms with E-state index < -0.39 is 77.6 Å². The van der Waals surface area contributed by atoms with Gasteiger partial charge in [0.05, 0.1) is 40.6 Å². The third-order valence-electron chi connectivity index (χ3n) is 7.85. The number of rotatable bonds is 6. The molecule has 4 rings (SSSR count). The van der Waals surface area contributed by atoms with E-state index in [0.29, 0.717) is 38.1 Å². The Morgan fingerprint density at radius 3 is 2.08 bits per heavy atom.